The highest BCUT2D eigenvalue weighted by Crippen LogP contribution is 2.24. The van der Waals surface area contributed by atoms with E-state index in [-0.39, 0.29) is 0 Å². The van der Waals surface area contributed by atoms with Crippen LogP contribution in [0.5, 0.6) is 0 Å². The molecule has 31 heavy (non-hydrogen) atoms. The summed E-state index contributed by atoms with van der Waals surface area (Å²) in [4.78, 5) is 4.63. The van der Waals surface area contributed by atoms with Gasteiger partial charge in [0.25, 0.3) is 0 Å². The molecule has 0 fully saturated rings. The van der Waals surface area contributed by atoms with Crippen LogP contribution in [0.4, 0.5) is 11.4 Å². The first-order valence-electron chi connectivity index (χ1n) is 10.9. The molecule has 162 valence electrons. The van der Waals surface area contributed by atoms with Gasteiger partial charge in [0.2, 0.25) is 0 Å². The van der Waals surface area contributed by atoms with Gasteiger partial charge in [0, 0.05) is 29.8 Å². The first-order valence-corrected chi connectivity index (χ1v) is 10.9. The molecule has 0 unspecified atom stereocenters. The summed E-state index contributed by atoms with van der Waals surface area (Å²) < 4.78 is 0. The van der Waals surface area contributed by atoms with Gasteiger partial charge in [0.1, 0.15) is 0 Å². The number of hydrogen-bond acceptors (Lipinski definition) is 3. The second kappa shape index (κ2) is 12.4. The summed E-state index contributed by atoms with van der Waals surface area (Å²) in [5.41, 5.74) is 8.13. The second-order valence-electron chi connectivity index (χ2n) is 7.68. The van der Waals surface area contributed by atoms with Gasteiger partial charge in [0.15, 0.2) is 0 Å². The minimum absolute atomic E-state index is 0.768. The number of aliphatic imine (C=N–C) groups is 1. The summed E-state index contributed by atoms with van der Waals surface area (Å²) in [6, 6.07) is 14.5. The summed E-state index contributed by atoms with van der Waals surface area (Å²) in [7, 11) is 0. The van der Waals surface area contributed by atoms with E-state index in [2.05, 4.69) is 80.1 Å². The van der Waals surface area contributed by atoms with Gasteiger partial charge in [-0.1, -0.05) is 57.5 Å². The van der Waals surface area contributed by atoms with Crippen molar-refractivity contribution < 1.29 is 0 Å². The summed E-state index contributed by atoms with van der Waals surface area (Å²) in [5.74, 6) is 0. The Morgan fingerprint density at radius 1 is 1.06 bits per heavy atom. The van der Waals surface area contributed by atoms with Crippen molar-refractivity contribution in [1.82, 2.24) is 5.32 Å². The van der Waals surface area contributed by atoms with E-state index >= 15 is 0 Å². The van der Waals surface area contributed by atoms with Crippen LogP contribution in [0.1, 0.15) is 42.9 Å². The van der Waals surface area contributed by atoms with Crippen LogP contribution in [0.3, 0.4) is 0 Å². The normalized spacial score (nSPS) is 10.6. The Labute approximate surface area is 188 Å². The molecule has 0 aliphatic rings. The number of rotatable bonds is 13. The Morgan fingerprint density at radius 2 is 1.84 bits per heavy atom. The molecule has 0 heterocycles. The third-order valence-corrected chi connectivity index (χ3v) is 5.08. The van der Waals surface area contributed by atoms with E-state index in [0.29, 0.717) is 0 Å². The quantitative estimate of drug-likeness (QED) is 0.204. The molecule has 0 aliphatic carbocycles. The molecule has 0 spiro atoms. The van der Waals surface area contributed by atoms with E-state index in [1.54, 1.807) is 6.08 Å². The molecular weight excluding hydrogens is 378 g/mol. The van der Waals surface area contributed by atoms with Gasteiger partial charge < -0.3 is 10.6 Å². The van der Waals surface area contributed by atoms with Crippen LogP contribution in [-0.2, 0) is 6.42 Å². The Balaban J connectivity index is 2.13. The van der Waals surface area contributed by atoms with Crippen LogP contribution in [0.15, 0.2) is 91.2 Å². The number of nitrogens with one attached hydrogen (secondary N) is 2. The van der Waals surface area contributed by atoms with Crippen molar-refractivity contribution in [2.24, 2.45) is 4.99 Å². The van der Waals surface area contributed by atoms with E-state index in [0.717, 1.165) is 71.7 Å². The van der Waals surface area contributed by atoms with E-state index in [9.17, 15) is 0 Å². The largest absolute Gasteiger partial charge is 0.389 e. The smallest absolute Gasteiger partial charge is 0.0659 e. The molecule has 0 aliphatic heterocycles. The highest BCUT2D eigenvalue weighted by atomic mass is 14.9. The monoisotopic (exact) mass is 413 g/mol. The van der Waals surface area contributed by atoms with Gasteiger partial charge in [-0.2, -0.15) is 0 Å². The molecule has 2 N–H and O–H groups in total. The van der Waals surface area contributed by atoms with Crippen molar-refractivity contribution in [1.29, 1.82) is 0 Å². The lowest BCUT2D eigenvalue weighted by atomic mass is 10.00. The third-order valence-electron chi connectivity index (χ3n) is 5.08. The maximum absolute atomic E-state index is 4.63. The van der Waals surface area contributed by atoms with Crippen LogP contribution in [0.2, 0.25) is 0 Å². The lowest BCUT2D eigenvalue weighted by Gasteiger charge is -2.13. The highest BCUT2D eigenvalue weighted by molar-refractivity contribution is 6.10. The number of para-hydroxylation sites is 1. The van der Waals surface area contributed by atoms with E-state index < -0.39 is 0 Å². The molecule has 0 radical (unpaired) electrons. The molecule has 0 saturated carbocycles. The minimum atomic E-state index is 0.768. The molecule has 0 bridgehead atoms. The predicted octanol–water partition coefficient (Wildman–Crippen LogP) is 7.36. The highest BCUT2D eigenvalue weighted by Gasteiger charge is 2.05. The molecule has 3 nitrogen and oxygen atoms in total. The van der Waals surface area contributed by atoms with Crippen LogP contribution in [0, 0.1) is 6.92 Å². The van der Waals surface area contributed by atoms with Crippen molar-refractivity contribution in [3.8, 4) is 0 Å². The van der Waals surface area contributed by atoms with Gasteiger partial charge in [-0.15, -0.1) is 0 Å². The number of unbranched alkanes of at least 4 members (excludes halogenated alkanes) is 1. The number of anilines is 1. The maximum Gasteiger partial charge on any atom is 0.0659 e. The fourth-order valence-electron chi connectivity index (χ4n) is 3.10. The molecule has 0 aromatic heterocycles. The van der Waals surface area contributed by atoms with Crippen molar-refractivity contribution in [3.63, 3.8) is 0 Å². The fraction of sp³-hybridized carbons (Fsp3) is 0.250. The molecule has 0 saturated heterocycles. The SMILES string of the molecule is C=CC(=C)Nc1cc(CCCCNC(=C)CC)cc(C(=C)/C=N\c2ccccc2C)c1. The Morgan fingerprint density at radius 3 is 2.55 bits per heavy atom. The topological polar surface area (TPSA) is 36.4 Å². The lowest BCUT2D eigenvalue weighted by Crippen LogP contribution is -2.13. The molecule has 2 rings (SSSR count). The zero-order valence-electron chi connectivity index (χ0n) is 19.0. The lowest BCUT2D eigenvalue weighted by molar-refractivity contribution is 0.667. The van der Waals surface area contributed by atoms with Gasteiger partial charge in [0.05, 0.1) is 5.69 Å². The Bertz CT molecular complexity index is 966. The first kappa shape index (κ1) is 23.9. The number of allylic oxidation sites excluding steroid dienone is 3. The van der Waals surface area contributed by atoms with Crippen LogP contribution in [0.25, 0.3) is 5.57 Å². The summed E-state index contributed by atoms with van der Waals surface area (Å²) in [5, 5.41) is 6.68. The van der Waals surface area contributed by atoms with Crippen LogP contribution >= 0.6 is 0 Å². The number of benzene rings is 2. The number of hydrogen-bond donors (Lipinski definition) is 2. The fourth-order valence-corrected chi connectivity index (χ4v) is 3.10. The van der Waals surface area contributed by atoms with Crippen molar-refractivity contribution in [2.45, 2.75) is 39.5 Å². The average molecular weight is 414 g/mol. The van der Waals surface area contributed by atoms with E-state index in [4.69, 9.17) is 0 Å². The van der Waals surface area contributed by atoms with Gasteiger partial charge in [-0.05, 0) is 79.1 Å². The van der Waals surface area contributed by atoms with E-state index in [1.165, 1.54) is 5.56 Å². The zero-order valence-corrected chi connectivity index (χ0v) is 19.0. The van der Waals surface area contributed by atoms with Crippen LogP contribution in [-0.4, -0.2) is 12.8 Å². The van der Waals surface area contributed by atoms with Crippen LogP contribution < -0.4 is 10.6 Å². The zero-order chi connectivity index (χ0) is 22.6. The minimum Gasteiger partial charge on any atom is -0.389 e. The maximum atomic E-state index is 4.63. The standard InChI is InChI=1S/C28H35N3/c1-7-23(5)29-16-12-11-14-25-17-26(19-27(18-25)31-24(6)8-2)22(4)20-30-28-15-10-9-13-21(28)3/h8-10,13,15,17-20,29,31H,2,4-7,11-12,14,16H2,1,3H3/b30-20-. The third kappa shape index (κ3) is 8.13. The van der Waals surface area contributed by atoms with Gasteiger partial charge in [-0.3, -0.25) is 4.99 Å². The predicted molar refractivity (Wildman–Crippen MR) is 138 cm³/mol. The van der Waals surface area contributed by atoms with Gasteiger partial charge >= 0.3 is 0 Å². The molecule has 2 aromatic carbocycles. The number of aryl methyl sites for hydroxylation is 2. The van der Waals surface area contributed by atoms with Crippen molar-refractivity contribution in [2.75, 3.05) is 11.9 Å². The van der Waals surface area contributed by atoms with Crippen molar-refractivity contribution >= 4 is 23.2 Å². The summed E-state index contributed by atoms with van der Waals surface area (Å²) in [6.07, 6.45) is 7.71. The first-order chi connectivity index (χ1) is 14.9. The van der Waals surface area contributed by atoms with Crippen molar-refractivity contribution in [3.05, 3.63) is 103 Å². The molecule has 3 heteroatoms. The molecular formula is C28H35N3. The number of nitrogens with zero attached hydrogens (tertiary/aromatic N) is 1. The summed E-state index contributed by atoms with van der Waals surface area (Å²) >= 11 is 0. The molecule has 2 aromatic rings. The Hall–Kier alpha value is -3.33. The Kier molecular flexibility index (Phi) is 9.57. The molecule has 0 atom stereocenters. The summed E-state index contributed by atoms with van der Waals surface area (Å²) in [6.45, 7) is 21.1. The molecule has 0 amide bonds. The average Bonchev–Trinajstić information content (AvgIpc) is 2.77. The van der Waals surface area contributed by atoms with Gasteiger partial charge in [-0.25, -0.2) is 0 Å². The second-order valence-corrected chi connectivity index (χ2v) is 7.68. The van der Waals surface area contributed by atoms with E-state index in [1.807, 2.05) is 24.4 Å².